The molecule has 6 heteroatoms. The van der Waals surface area contributed by atoms with Crippen LogP contribution in [0.25, 0.3) is 0 Å². The van der Waals surface area contributed by atoms with Crippen LogP contribution in [0.4, 0.5) is 5.69 Å². The minimum absolute atomic E-state index is 0.390. The quantitative estimate of drug-likeness (QED) is 0.513. The molecule has 0 heterocycles. The van der Waals surface area contributed by atoms with Crippen LogP contribution in [-0.2, 0) is 0 Å². The van der Waals surface area contributed by atoms with E-state index in [4.69, 9.17) is 28.6 Å². The Morgan fingerprint density at radius 1 is 1.24 bits per heavy atom. The number of nitrogens with one attached hydrogen (secondary N) is 2. The Bertz CT molecular complexity index is 661. The molecule has 0 aliphatic heterocycles. The molecule has 0 aliphatic carbocycles. The summed E-state index contributed by atoms with van der Waals surface area (Å²) in [6.07, 6.45) is 1.64. The number of methoxy groups -OCH3 is 1. The molecule has 0 aliphatic rings. The van der Waals surface area contributed by atoms with Crippen molar-refractivity contribution < 1.29 is 4.74 Å². The van der Waals surface area contributed by atoms with Crippen LogP contribution < -0.4 is 15.5 Å². The van der Waals surface area contributed by atoms with Gasteiger partial charge in [0, 0.05) is 16.8 Å². The molecule has 21 heavy (non-hydrogen) atoms. The zero-order chi connectivity index (χ0) is 15.1. The van der Waals surface area contributed by atoms with Crippen LogP contribution in [0.5, 0.6) is 5.75 Å². The van der Waals surface area contributed by atoms with Crippen molar-refractivity contribution in [2.24, 2.45) is 5.10 Å². The molecule has 0 saturated heterocycles. The number of anilines is 1. The SMILES string of the molecule is COc1cccc(NC(=S)N/N=C\c2cccc(Cl)c2)c1. The third-order valence-electron chi connectivity index (χ3n) is 2.56. The van der Waals surface area contributed by atoms with E-state index < -0.39 is 0 Å². The fourth-order valence-electron chi connectivity index (χ4n) is 1.61. The fraction of sp³-hybridized carbons (Fsp3) is 0.0667. The maximum absolute atomic E-state index is 5.89. The van der Waals surface area contributed by atoms with E-state index in [-0.39, 0.29) is 0 Å². The average Bonchev–Trinajstić information content (AvgIpc) is 2.47. The van der Waals surface area contributed by atoms with E-state index in [1.807, 2.05) is 42.5 Å². The highest BCUT2D eigenvalue weighted by Crippen LogP contribution is 2.16. The molecule has 0 radical (unpaired) electrons. The largest absolute Gasteiger partial charge is 0.497 e. The van der Waals surface area contributed by atoms with Crippen molar-refractivity contribution in [3.8, 4) is 5.75 Å². The Kier molecular flexibility index (Phi) is 5.54. The Labute approximate surface area is 133 Å². The van der Waals surface area contributed by atoms with E-state index in [9.17, 15) is 0 Å². The smallest absolute Gasteiger partial charge is 0.191 e. The number of halogens is 1. The van der Waals surface area contributed by atoms with Gasteiger partial charge in [0.15, 0.2) is 5.11 Å². The average molecular weight is 320 g/mol. The minimum Gasteiger partial charge on any atom is -0.497 e. The Morgan fingerprint density at radius 2 is 2.05 bits per heavy atom. The zero-order valence-corrected chi connectivity index (χ0v) is 12.9. The van der Waals surface area contributed by atoms with Gasteiger partial charge in [0.05, 0.1) is 13.3 Å². The van der Waals surface area contributed by atoms with Crippen molar-refractivity contribution in [3.63, 3.8) is 0 Å². The van der Waals surface area contributed by atoms with Crippen LogP contribution in [0.15, 0.2) is 53.6 Å². The maximum atomic E-state index is 5.89. The van der Waals surface area contributed by atoms with Crippen LogP contribution >= 0.6 is 23.8 Å². The number of rotatable bonds is 4. The second-order valence-corrected chi connectivity index (χ2v) is 4.96. The van der Waals surface area contributed by atoms with Gasteiger partial charge in [0.2, 0.25) is 0 Å². The molecule has 2 aromatic rings. The molecule has 0 spiro atoms. The van der Waals surface area contributed by atoms with Gasteiger partial charge in [-0.15, -0.1) is 0 Å². The lowest BCUT2D eigenvalue weighted by Gasteiger charge is -2.08. The number of nitrogens with zero attached hydrogens (tertiary/aromatic N) is 1. The molecule has 2 rings (SSSR count). The van der Waals surface area contributed by atoms with Crippen molar-refractivity contribution in [1.29, 1.82) is 0 Å². The number of hydrogen-bond donors (Lipinski definition) is 2. The first kappa shape index (κ1) is 15.3. The van der Waals surface area contributed by atoms with E-state index in [0.717, 1.165) is 17.0 Å². The van der Waals surface area contributed by atoms with Crippen LogP contribution in [0.3, 0.4) is 0 Å². The van der Waals surface area contributed by atoms with Crippen molar-refractivity contribution in [1.82, 2.24) is 5.43 Å². The fourth-order valence-corrected chi connectivity index (χ4v) is 1.98. The monoisotopic (exact) mass is 319 g/mol. The number of ether oxygens (including phenoxy) is 1. The van der Waals surface area contributed by atoms with E-state index >= 15 is 0 Å². The highest BCUT2D eigenvalue weighted by atomic mass is 35.5. The van der Waals surface area contributed by atoms with Gasteiger partial charge in [-0.25, -0.2) is 0 Å². The standard InChI is InChI=1S/C15H14ClN3OS/c1-20-14-7-3-6-13(9-14)18-15(21)19-17-10-11-4-2-5-12(16)8-11/h2-10H,1H3,(H2,18,19,21)/b17-10-. The van der Waals surface area contributed by atoms with Crippen LogP contribution in [-0.4, -0.2) is 18.4 Å². The summed E-state index contributed by atoms with van der Waals surface area (Å²) >= 11 is 11.0. The molecule has 108 valence electrons. The van der Waals surface area contributed by atoms with Crippen LogP contribution in [0, 0.1) is 0 Å². The van der Waals surface area contributed by atoms with Crippen LogP contribution in [0.2, 0.25) is 5.02 Å². The highest BCUT2D eigenvalue weighted by Gasteiger charge is 1.98. The second kappa shape index (κ2) is 7.61. The van der Waals surface area contributed by atoms with Crippen molar-refractivity contribution in [2.45, 2.75) is 0 Å². The van der Waals surface area contributed by atoms with Gasteiger partial charge >= 0.3 is 0 Å². The lowest BCUT2D eigenvalue weighted by Crippen LogP contribution is -2.23. The molecule has 0 unspecified atom stereocenters. The molecule has 0 amide bonds. The van der Waals surface area contributed by atoms with E-state index in [1.54, 1.807) is 19.4 Å². The minimum atomic E-state index is 0.390. The number of benzene rings is 2. The number of hydrogen-bond acceptors (Lipinski definition) is 3. The second-order valence-electron chi connectivity index (χ2n) is 4.11. The third-order valence-corrected chi connectivity index (χ3v) is 2.98. The van der Waals surface area contributed by atoms with Crippen molar-refractivity contribution in [3.05, 3.63) is 59.1 Å². The summed E-state index contributed by atoms with van der Waals surface area (Å²) in [6, 6.07) is 14.8. The summed E-state index contributed by atoms with van der Waals surface area (Å²) in [5.41, 5.74) is 4.45. The summed E-state index contributed by atoms with van der Waals surface area (Å²) in [6.45, 7) is 0. The maximum Gasteiger partial charge on any atom is 0.191 e. The molecule has 4 nitrogen and oxygen atoms in total. The van der Waals surface area contributed by atoms with Gasteiger partial charge in [-0.2, -0.15) is 5.10 Å². The predicted octanol–water partition coefficient (Wildman–Crippen LogP) is 3.67. The molecule has 0 atom stereocenters. The lowest BCUT2D eigenvalue weighted by molar-refractivity contribution is 0.415. The molecule has 0 aromatic heterocycles. The summed E-state index contributed by atoms with van der Waals surface area (Å²) < 4.78 is 5.14. The van der Waals surface area contributed by atoms with E-state index in [2.05, 4.69) is 15.8 Å². The van der Waals surface area contributed by atoms with Gasteiger partial charge in [-0.05, 0) is 42.0 Å². The first-order valence-electron chi connectivity index (χ1n) is 6.17. The predicted molar refractivity (Wildman–Crippen MR) is 91.4 cm³/mol. The Hall–Kier alpha value is -2.11. The molecule has 0 bridgehead atoms. The zero-order valence-electron chi connectivity index (χ0n) is 11.3. The Morgan fingerprint density at radius 3 is 2.81 bits per heavy atom. The first-order chi connectivity index (χ1) is 10.2. The van der Waals surface area contributed by atoms with Gasteiger partial charge in [0.25, 0.3) is 0 Å². The molecule has 0 fully saturated rings. The summed E-state index contributed by atoms with van der Waals surface area (Å²) in [4.78, 5) is 0. The normalized spacial score (nSPS) is 10.4. The van der Waals surface area contributed by atoms with Gasteiger partial charge in [-0.1, -0.05) is 29.8 Å². The number of hydrazone groups is 1. The van der Waals surface area contributed by atoms with E-state index in [0.29, 0.717) is 10.1 Å². The highest BCUT2D eigenvalue weighted by molar-refractivity contribution is 7.80. The molecular weight excluding hydrogens is 306 g/mol. The van der Waals surface area contributed by atoms with Gasteiger partial charge in [-0.3, -0.25) is 5.43 Å². The summed E-state index contributed by atoms with van der Waals surface area (Å²) in [7, 11) is 1.62. The van der Waals surface area contributed by atoms with Gasteiger partial charge < -0.3 is 10.1 Å². The third kappa shape index (κ3) is 5.06. The van der Waals surface area contributed by atoms with Crippen molar-refractivity contribution >= 4 is 40.8 Å². The Balaban J connectivity index is 1.90. The molecule has 0 saturated carbocycles. The lowest BCUT2D eigenvalue weighted by atomic mass is 10.2. The van der Waals surface area contributed by atoms with Crippen LogP contribution in [0.1, 0.15) is 5.56 Å². The van der Waals surface area contributed by atoms with E-state index in [1.165, 1.54) is 0 Å². The molecular formula is C15H14ClN3OS. The number of thiocarbonyl (C=S) groups is 1. The summed E-state index contributed by atoms with van der Waals surface area (Å²) in [5.74, 6) is 0.755. The van der Waals surface area contributed by atoms with Crippen molar-refractivity contribution in [2.75, 3.05) is 12.4 Å². The molecule has 2 aromatic carbocycles. The first-order valence-corrected chi connectivity index (χ1v) is 6.95. The molecule has 2 N–H and O–H groups in total. The topological polar surface area (TPSA) is 45.6 Å². The van der Waals surface area contributed by atoms with Gasteiger partial charge in [0.1, 0.15) is 5.75 Å². The summed E-state index contributed by atoms with van der Waals surface area (Å²) in [5, 5.41) is 8.12.